The standard InChI is InChI=1S/C26H17F6N3O2/c1-36-16-7-3-14(4-8-16)18-11-19-20(25(27,28)29)12-22(26(30,31)32)34-24(19)35-21(13-33-23(18)35)15-5-9-17(37-2)10-6-15/h3-13H,1-2H3. The Morgan fingerprint density at radius 1 is 0.703 bits per heavy atom. The van der Waals surface area contributed by atoms with Crippen LogP contribution in [0.25, 0.3) is 39.1 Å². The zero-order valence-corrected chi connectivity index (χ0v) is 19.3. The maximum absolute atomic E-state index is 14.1. The maximum Gasteiger partial charge on any atom is 0.433 e. The molecule has 11 heteroatoms. The van der Waals surface area contributed by atoms with Crippen LogP contribution in [0, 0.1) is 0 Å². The van der Waals surface area contributed by atoms with Gasteiger partial charge in [0.2, 0.25) is 0 Å². The van der Waals surface area contributed by atoms with Crippen molar-refractivity contribution in [2.24, 2.45) is 0 Å². The molecule has 0 fully saturated rings. The molecule has 2 aromatic carbocycles. The number of fused-ring (bicyclic) bond motifs is 3. The van der Waals surface area contributed by atoms with Crippen LogP contribution in [0.4, 0.5) is 26.3 Å². The second-order valence-electron chi connectivity index (χ2n) is 8.11. The van der Waals surface area contributed by atoms with Crippen molar-refractivity contribution in [1.29, 1.82) is 0 Å². The van der Waals surface area contributed by atoms with Crippen LogP contribution in [-0.2, 0) is 12.4 Å². The second-order valence-corrected chi connectivity index (χ2v) is 8.11. The van der Waals surface area contributed by atoms with Gasteiger partial charge in [-0.15, -0.1) is 0 Å². The highest BCUT2D eigenvalue weighted by Gasteiger charge is 2.40. The third-order valence-corrected chi connectivity index (χ3v) is 5.92. The van der Waals surface area contributed by atoms with Crippen LogP contribution in [0.2, 0.25) is 0 Å². The molecule has 5 nitrogen and oxygen atoms in total. The van der Waals surface area contributed by atoms with Crippen LogP contribution in [0.5, 0.6) is 11.5 Å². The highest BCUT2D eigenvalue weighted by atomic mass is 19.4. The van der Waals surface area contributed by atoms with E-state index in [1.807, 2.05) is 0 Å². The second kappa shape index (κ2) is 8.68. The molecular weight excluding hydrogens is 500 g/mol. The molecule has 0 aliphatic carbocycles. The van der Waals surface area contributed by atoms with Crippen LogP contribution in [-0.4, -0.2) is 28.6 Å². The van der Waals surface area contributed by atoms with Crippen LogP contribution in [0.1, 0.15) is 11.3 Å². The lowest BCUT2D eigenvalue weighted by Gasteiger charge is -2.17. The predicted octanol–water partition coefficient (Wildman–Crippen LogP) is 7.27. The molecule has 0 saturated heterocycles. The first-order valence-electron chi connectivity index (χ1n) is 10.8. The lowest BCUT2D eigenvalue weighted by Crippen LogP contribution is -2.15. The van der Waals surface area contributed by atoms with Gasteiger partial charge in [0.25, 0.3) is 0 Å². The van der Waals surface area contributed by atoms with Gasteiger partial charge in [-0.1, -0.05) is 12.1 Å². The van der Waals surface area contributed by atoms with E-state index >= 15 is 0 Å². The van der Waals surface area contributed by atoms with Crippen molar-refractivity contribution in [2.45, 2.75) is 12.4 Å². The predicted molar refractivity (Wildman–Crippen MR) is 124 cm³/mol. The largest absolute Gasteiger partial charge is 0.497 e. The van der Waals surface area contributed by atoms with Crippen molar-refractivity contribution in [3.63, 3.8) is 0 Å². The van der Waals surface area contributed by atoms with E-state index in [1.54, 1.807) is 48.5 Å². The number of hydrogen-bond donors (Lipinski definition) is 0. The van der Waals surface area contributed by atoms with Gasteiger partial charge < -0.3 is 9.47 Å². The first-order valence-corrected chi connectivity index (χ1v) is 10.8. The number of aromatic nitrogens is 3. The Morgan fingerprint density at radius 3 is 1.78 bits per heavy atom. The van der Waals surface area contributed by atoms with Gasteiger partial charge in [-0.2, -0.15) is 26.3 Å². The number of ether oxygens (including phenoxy) is 2. The number of rotatable bonds is 4. The summed E-state index contributed by atoms with van der Waals surface area (Å²) in [4.78, 5) is 8.04. The number of benzene rings is 2. The van der Waals surface area contributed by atoms with Crippen molar-refractivity contribution < 1.29 is 35.8 Å². The number of methoxy groups -OCH3 is 2. The molecule has 0 bridgehead atoms. The molecule has 0 spiro atoms. The molecule has 0 amide bonds. The van der Waals surface area contributed by atoms with Crippen LogP contribution < -0.4 is 9.47 Å². The Morgan fingerprint density at radius 2 is 1.27 bits per heavy atom. The van der Waals surface area contributed by atoms with Gasteiger partial charge >= 0.3 is 12.4 Å². The van der Waals surface area contributed by atoms with E-state index in [2.05, 4.69) is 9.97 Å². The maximum atomic E-state index is 14.1. The Kier molecular flexibility index (Phi) is 5.73. The molecule has 3 aromatic heterocycles. The molecule has 0 saturated carbocycles. The third kappa shape index (κ3) is 4.30. The Labute approximate surface area is 205 Å². The molecule has 5 aromatic rings. The summed E-state index contributed by atoms with van der Waals surface area (Å²) in [5, 5.41) is -0.494. The molecule has 0 N–H and O–H groups in total. The molecule has 37 heavy (non-hydrogen) atoms. The van der Waals surface area contributed by atoms with Crippen LogP contribution >= 0.6 is 0 Å². The van der Waals surface area contributed by atoms with Crippen molar-refractivity contribution in [1.82, 2.24) is 14.4 Å². The van der Waals surface area contributed by atoms with Gasteiger partial charge in [-0.05, 0) is 54.1 Å². The number of nitrogens with zero attached hydrogens (tertiary/aromatic N) is 3. The van der Waals surface area contributed by atoms with E-state index in [0.717, 1.165) is 0 Å². The van der Waals surface area contributed by atoms with Crippen molar-refractivity contribution >= 4 is 16.7 Å². The molecule has 0 unspecified atom stereocenters. The monoisotopic (exact) mass is 517 g/mol. The summed E-state index contributed by atoms with van der Waals surface area (Å²) in [6.07, 6.45) is -8.79. The van der Waals surface area contributed by atoms with Gasteiger partial charge in [0.05, 0.1) is 31.7 Å². The molecule has 190 valence electrons. The Balaban J connectivity index is 1.93. The zero-order chi connectivity index (χ0) is 26.5. The van der Waals surface area contributed by atoms with Gasteiger partial charge in [0.1, 0.15) is 28.5 Å². The van der Waals surface area contributed by atoms with Gasteiger partial charge in [-0.25, -0.2) is 9.97 Å². The minimum atomic E-state index is -5.10. The van der Waals surface area contributed by atoms with E-state index in [9.17, 15) is 26.3 Å². The van der Waals surface area contributed by atoms with E-state index in [4.69, 9.17) is 9.47 Å². The van der Waals surface area contributed by atoms with Crippen LogP contribution in [0.3, 0.4) is 0 Å². The Bertz CT molecular complexity index is 1610. The molecular formula is C26H17F6N3O2. The van der Waals surface area contributed by atoms with E-state index < -0.39 is 34.6 Å². The van der Waals surface area contributed by atoms with E-state index in [0.29, 0.717) is 22.6 Å². The fourth-order valence-corrected chi connectivity index (χ4v) is 4.15. The number of alkyl halides is 6. The average Bonchev–Trinajstić information content (AvgIpc) is 3.32. The summed E-state index contributed by atoms with van der Waals surface area (Å²) in [5.41, 5.74) is -1.95. The molecule has 0 aliphatic rings. The quantitative estimate of drug-likeness (QED) is 0.235. The fraction of sp³-hybridized carbons (Fsp3) is 0.154. The van der Waals surface area contributed by atoms with Gasteiger partial charge in [-0.3, -0.25) is 4.40 Å². The van der Waals surface area contributed by atoms with Gasteiger partial charge in [0, 0.05) is 16.5 Å². The van der Waals surface area contributed by atoms with Crippen molar-refractivity contribution in [3.8, 4) is 33.9 Å². The van der Waals surface area contributed by atoms with Crippen molar-refractivity contribution in [2.75, 3.05) is 14.2 Å². The van der Waals surface area contributed by atoms with Crippen LogP contribution in [0.15, 0.2) is 66.9 Å². The Hall–Kier alpha value is -4.28. The lowest BCUT2D eigenvalue weighted by molar-refractivity contribution is -0.144. The molecule has 0 radical (unpaired) electrons. The summed E-state index contributed by atoms with van der Waals surface area (Å²) < 4.78 is 94.8. The highest BCUT2D eigenvalue weighted by molar-refractivity contribution is 5.94. The summed E-state index contributed by atoms with van der Waals surface area (Å²) >= 11 is 0. The minimum absolute atomic E-state index is 0.0377. The molecule has 0 aliphatic heterocycles. The molecule has 3 heterocycles. The van der Waals surface area contributed by atoms with E-state index in [-0.39, 0.29) is 23.0 Å². The first-order chi connectivity index (χ1) is 17.5. The molecule has 0 atom stereocenters. The smallest absolute Gasteiger partial charge is 0.433 e. The normalized spacial score (nSPS) is 12.3. The van der Waals surface area contributed by atoms with Gasteiger partial charge in [0.15, 0.2) is 0 Å². The summed E-state index contributed by atoms with van der Waals surface area (Å²) in [6.45, 7) is 0. The topological polar surface area (TPSA) is 48.7 Å². The average molecular weight is 517 g/mol. The van der Waals surface area contributed by atoms with Crippen molar-refractivity contribution in [3.05, 3.63) is 78.1 Å². The third-order valence-electron chi connectivity index (χ3n) is 5.92. The SMILES string of the molecule is COc1ccc(-c2cc3c(C(F)(F)F)cc(C(F)(F)F)nc3n3c(-c4ccc(OC)cc4)cnc23)cc1. The summed E-state index contributed by atoms with van der Waals surface area (Å²) in [5.74, 6) is 1.05. The zero-order valence-electron chi connectivity index (χ0n) is 19.3. The number of halogens is 6. The first kappa shape index (κ1) is 24.4. The highest BCUT2D eigenvalue weighted by Crippen LogP contribution is 2.42. The minimum Gasteiger partial charge on any atom is -0.497 e. The number of imidazole rings is 1. The summed E-state index contributed by atoms with van der Waals surface area (Å²) in [7, 11) is 2.94. The lowest BCUT2D eigenvalue weighted by atomic mass is 10.0. The fourth-order valence-electron chi connectivity index (χ4n) is 4.15. The number of pyridine rings is 2. The number of hydrogen-bond acceptors (Lipinski definition) is 4. The summed E-state index contributed by atoms with van der Waals surface area (Å²) in [6, 6.07) is 14.2. The van der Waals surface area contributed by atoms with E-state index in [1.165, 1.54) is 30.9 Å². The molecule has 5 rings (SSSR count).